The molecule has 2 rings (SSSR count). The van der Waals surface area contributed by atoms with E-state index in [9.17, 15) is 19.7 Å². The number of carbonyl (C=O) groups is 2. The van der Waals surface area contributed by atoms with Gasteiger partial charge in [0.25, 0.3) is 11.6 Å². The number of anilines is 2. The number of non-ortho nitro benzene ring substituents is 1. The largest absolute Gasteiger partial charge is 0.452 e. The van der Waals surface area contributed by atoms with Gasteiger partial charge >= 0.3 is 5.97 Å². The van der Waals surface area contributed by atoms with Crippen LogP contribution >= 0.6 is 0 Å². The highest BCUT2D eigenvalue weighted by molar-refractivity contribution is 5.98. The molecular weight excluding hydrogens is 396 g/mol. The van der Waals surface area contributed by atoms with Crippen LogP contribution in [0.1, 0.15) is 36.8 Å². The fourth-order valence-corrected chi connectivity index (χ4v) is 2.33. The molecule has 2 N–H and O–H groups in total. The van der Waals surface area contributed by atoms with Gasteiger partial charge in [0, 0.05) is 43.0 Å². The van der Waals surface area contributed by atoms with E-state index in [1.54, 1.807) is 6.07 Å². The molecule has 0 saturated carbocycles. The smallest absolute Gasteiger partial charge is 0.341 e. The molecule has 30 heavy (non-hydrogen) atoms. The lowest BCUT2D eigenvalue weighted by molar-refractivity contribution is -0.384. The number of ether oxygens (including phenoxy) is 2. The van der Waals surface area contributed by atoms with E-state index in [0.29, 0.717) is 24.5 Å². The van der Waals surface area contributed by atoms with Crippen LogP contribution in [0.2, 0.25) is 0 Å². The second kappa shape index (κ2) is 9.83. The van der Waals surface area contributed by atoms with E-state index >= 15 is 0 Å². The number of nitrogens with zero attached hydrogens (tertiary/aromatic N) is 2. The van der Waals surface area contributed by atoms with Gasteiger partial charge in [-0.05, 0) is 6.07 Å². The molecule has 11 nitrogen and oxygen atoms in total. The molecule has 1 aromatic heterocycles. The molecule has 0 radical (unpaired) electrons. The third kappa shape index (κ3) is 6.27. The Kier molecular flexibility index (Phi) is 7.48. The summed E-state index contributed by atoms with van der Waals surface area (Å²) in [5, 5.41) is 20.3. The summed E-state index contributed by atoms with van der Waals surface area (Å²) in [7, 11) is 1.52. The van der Waals surface area contributed by atoms with Crippen molar-refractivity contribution in [1.29, 1.82) is 0 Å². The van der Waals surface area contributed by atoms with E-state index in [-0.39, 0.29) is 22.6 Å². The normalized spacial score (nSPS) is 11.1. The molecule has 0 aliphatic heterocycles. The molecule has 2 aromatic rings. The fraction of sp³-hybridized carbons (Fsp3) is 0.421. The maximum Gasteiger partial charge on any atom is 0.341 e. The van der Waals surface area contributed by atoms with Crippen LogP contribution in [-0.2, 0) is 19.7 Å². The standard InChI is InChI=1S/C19H24N4O7/c1-19(2,3)15-10-17(30-22-15)21-16(24)11-29-18(25)13-9-12(23(26)27)5-6-14(13)20-7-8-28-4/h5-6,9-10,20H,7-8,11H2,1-4H3,(H,21,24). The first kappa shape index (κ1) is 22.8. The minimum absolute atomic E-state index is 0.0669. The summed E-state index contributed by atoms with van der Waals surface area (Å²) >= 11 is 0. The summed E-state index contributed by atoms with van der Waals surface area (Å²) in [6, 6.07) is 5.32. The number of methoxy groups -OCH3 is 1. The lowest BCUT2D eigenvalue weighted by Gasteiger charge is -2.12. The third-order valence-electron chi connectivity index (χ3n) is 3.93. The lowest BCUT2D eigenvalue weighted by atomic mass is 9.92. The van der Waals surface area contributed by atoms with Gasteiger partial charge in [0.05, 0.1) is 22.8 Å². The third-order valence-corrected chi connectivity index (χ3v) is 3.93. The van der Waals surface area contributed by atoms with Gasteiger partial charge < -0.3 is 19.3 Å². The van der Waals surface area contributed by atoms with Crippen molar-refractivity contribution in [2.24, 2.45) is 0 Å². The van der Waals surface area contributed by atoms with E-state index < -0.39 is 23.4 Å². The van der Waals surface area contributed by atoms with Crippen LogP contribution in [0.5, 0.6) is 0 Å². The molecule has 0 bridgehead atoms. The van der Waals surface area contributed by atoms with Crippen molar-refractivity contribution in [2.75, 3.05) is 37.5 Å². The second-order valence-electron chi connectivity index (χ2n) is 7.36. The van der Waals surface area contributed by atoms with Crippen LogP contribution in [0, 0.1) is 10.1 Å². The average molecular weight is 420 g/mol. The number of amides is 1. The fourth-order valence-electron chi connectivity index (χ4n) is 2.33. The van der Waals surface area contributed by atoms with Gasteiger partial charge in [-0.3, -0.25) is 20.2 Å². The number of hydrogen-bond acceptors (Lipinski definition) is 9. The summed E-state index contributed by atoms with van der Waals surface area (Å²) in [5.74, 6) is -1.40. The number of nitro benzene ring substituents is 1. The van der Waals surface area contributed by atoms with Crippen molar-refractivity contribution in [1.82, 2.24) is 5.16 Å². The van der Waals surface area contributed by atoms with Crippen LogP contribution < -0.4 is 10.6 Å². The Hall–Kier alpha value is -3.47. The highest BCUT2D eigenvalue weighted by Gasteiger charge is 2.21. The molecule has 0 saturated heterocycles. The molecule has 162 valence electrons. The van der Waals surface area contributed by atoms with Gasteiger partial charge in [-0.2, -0.15) is 0 Å². The molecule has 11 heteroatoms. The zero-order valence-corrected chi connectivity index (χ0v) is 17.2. The van der Waals surface area contributed by atoms with Crippen LogP contribution in [0.4, 0.5) is 17.3 Å². The number of aromatic nitrogens is 1. The molecule has 0 unspecified atom stereocenters. The zero-order valence-electron chi connectivity index (χ0n) is 17.2. The van der Waals surface area contributed by atoms with Crippen LogP contribution in [0.15, 0.2) is 28.8 Å². The van der Waals surface area contributed by atoms with Gasteiger partial charge in [-0.1, -0.05) is 25.9 Å². The van der Waals surface area contributed by atoms with Crippen molar-refractivity contribution >= 4 is 29.1 Å². The highest BCUT2D eigenvalue weighted by atomic mass is 16.6. The molecule has 0 spiro atoms. The summed E-state index contributed by atoms with van der Waals surface area (Å²) in [5.41, 5.74) is 0.377. The Morgan fingerprint density at radius 1 is 1.27 bits per heavy atom. The van der Waals surface area contributed by atoms with Crippen molar-refractivity contribution in [2.45, 2.75) is 26.2 Å². The number of nitro groups is 1. The van der Waals surface area contributed by atoms with Crippen LogP contribution in [-0.4, -0.2) is 48.8 Å². The highest BCUT2D eigenvalue weighted by Crippen LogP contribution is 2.24. The number of rotatable bonds is 9. The van der Waals surface area contributed by atoms with Gasteiger partial charge in [-0.25, -0.2) is 4.79 Å². The van der Waals surface area contributed by atoms with Crippen molar-refractivity contribution in [3.8, 4) is 0 Å². The van der Waals surface area contributed by atoms with Crippen LogP contribution in [0.3, 0.4) is 0 Å². The Morgan fingerprint density at radius 2 is 2.00 bits per heavy atom. The number of nitrogens with one attached hydrogen (secondary N) is 2. The molecular formula is C19H24N4O7. The Bertz CT molecular complexity index is 918. The SMILES string of the molecule is COCCNc1ccc([N+](=O)[O-])cc1C(=O)OCC(=O)Nc1cc(C(C)(C)C)no1. The van der Waals surface area contributed by atoms with Gasteiger partial charge in [-0.15, -0.1) is 0 Å². The molecule has 1 amide bonds. The Balaban J connectivity index is 2.03. The summed E-state index contributed by atoms with van der Waals surface area (Å²) < 4.78 is 15.0. The maximum absolute atomic E-state index is 12.4. The number of esters is 1. The first-order chi connectivity index (χ1) is 14.1. The number of benzene rings is 1. The minimum atomic E-state index is -0.887. The maximum atomic E-state index is 12.4. The average Bonchev–Trinajstić information content (AvgIpc) is 3.15. The molecule has 0 fully saturated rings. The van der Waals surface area contributed by atoms with Crippen molar-refractivity contribution in [3.63, 3.8) is 0 Å². The molecule has 0 aliphatic carbocycles. The second-order valence-corrected chi connectivity index (χ2v) is 7.36. The van der Waals surface area contributed by atoms with E-state index in [1.807, 2.05) is 20.8 Å². The molecule has 0 aliphatic rings. The van der Waals surface area contributed by atoms with E-state index in [0.717, 1.165) is 6.07 Å². The quantitative estimate of drug-likeness (QED) is 0.270. The van der Waals surface area contributed by atoms with E-state index in [4.69, 9.17) is 14.0 Å². The van der Waals surface area contributed by atoms with E-state index in [2.05, 4.69) is 15.8 Å². The van der Waals surface area contributed by atoms with Gasteiger partial charge in [0.1, 0.15) is 0 Å². The summed E-state index contributed by atoms with van der Waals surface area (Å²) in [6.45, 7) is 5.95. The minimum Gasteiger partial charge on any atom is -0.452 e. The number of hydrogen-bond donors (Lipinski definition) is 2. The Labute approximate surface area is 172 Å². The van der Waals surface area contributed by atoms with Crippen molar-refractivity contribution in [3.05, 3.63) is 45.6 Å². The van der Waals surface area contributed by atoms with Gasteiger partial charge in [0.15, 0.2) is 6.61 Å². The molecule has 1 aromatic carbocycles. The molecule has 0 atom stereocenters. The number of carbonyl (C=O) groups excluding carboxylic acids is 2. The van der Waals surface area contributed by atoms with E-state index in [1.165, 1.54) is 19.2 Å². The summed E-state index contributed by atoms with van der Waals surface area (Å²) in [6.07, 6.45) is 0. The lowest BCUT2D eigenvalue weighted by Crippen LogP contribution is -2.21. The predicted molar refractivity (Wildman–Crippen MR) is 108 cm³/mol. The van der Waals surface area contributed by atoms with Crippen molar-refractivity contribution < 1.29 is 28.5 Å². The first-order valence-corrected chi connectivity index (χ1v) is 9.07. The first-order valence-electron chi connectivity index (χ1n) is 9.07. The monoisotopic (exact) mass is 420 g/mol. The van der Waals surface area contributed by atoms with Crippen LogP contribution in [0.25, 0.3) is 0 Å². The predicted octanol–water partition coefficient (Wildman–Crippen LogP) is 2.73. The molecule has 1 heterocycles. The zero-order chi connectivity index (χ0) is 22.3. The topological polar surface area (TPSA) is 146 Å². The summed E-state index contributed by atoms with van der Waals surface area (Å²) in [4.78, 5) is 34.9. The Morgan fingerprint density at radius 3 is 2.60 bits per heavy atom. The van der Waals surface area contributed by atoms with Gasteiger partial charge in [0.2, 0.25) is 5.88 Å².